The number of nitrogens with zero attached hydrogens (tertiary/aromatic N) is 1. The van der Waals surface area contributed by atoms with Gasteiger partial charge in [-0.2, -0.15) is 5.10 Å². The first-order valence-corrected chi connectivity index (χ1v) is 7.43. The Morgan fingerprint density at radius 3 is 3.14 bits per heavy atom. The molecular weight excluding hydrogens is 288 g/mol. The van der Waals surface area contributed by atoms with Crippen molar-refractivity contribution in [2.45, 2.75) is 18.9 Å². The predicted molar refractivity (Wildman–Crippen MR) is 82.4 cm³/mol. The largest absolute Gasteiger partial charge is 0.350 e. The maximum atomic E-state index is 12.3. The Hall–Kier alpha value is -1.85. The molecule has 0 aliphatic carbocycles. The fourth-order valence-electron chi connectivity index (χ4n) is 2.56. The van der Waals surface area contributed by atoms with Crippen LogP contribution in [0.4, 0.5) is 0 Å². The highest BCUT2D eigenvalue weighted by molar-refractivity contribution is 6.30. The molecule has 3 N–H and O–H groups in total. The lowest BCUT2D eigenvalue weighted by Crippen LogP contribution is -2.37. The zero-order valence-electron chi connectivity index (χ0n) is 11.5. The first-order valence-electron chi connectivity index (χ1n) is 7.05. The topological polar surface area (TPSA) is 69.8 Å². The first kappa shape index (κ1) is 14.1. The molecule has 1 amide bonds. The molecule has 1 aliphatic heterocycles. The Bertz CT molecular complexity index is 634. The molecule has 0 spiro atoms. The van der Waals surface area contributed by atoms with E-state index in [1.54, 1.807) is 12.3 Å². The highest BCUT2D eigenvalue weighted by Crippen LogP contribution is 2.23. The molecule has 2 aromatic rings. The van der Waals surface area contributed by atoms with E-state index in [-0.39, 0.29) is 5.91 Å². The van der Waals surface area contributed by atoms with Crippen molar-refractivity contribution in [2.75, 3.05) is 13.1 Å². The Morgan fingerprint density at radius 1 is 1.48 bits per heavy atom. The monoisotopic (exact) mass is 304 g/mol. The van der Waals surface area contributed by atoms with E-state index in [2.05, 4.69) is 20.8 Å². The van der Waals surface area contributed by atoms with Crippen molar-refractivity contribution in [1.29, 1.82) is 0 Å². The number of H-pyrrole nitrogens is 1. The van der Waals surface area contributed by atoms with E-state index in [1.807, 2.05) is 18.2 Å². The molecule has 1 aromatic heterocycles. The first-order chi connectivity index (χ1) is 10.2. The van der Waals surface area contributed by atoms with Gasteiger partial charge in [-0.1, -0.05) is 23.7 Å². The zero-order chi connectivity index (χ0) is 14.7. The molecule has 21 heavy (non-hydrogen) atoms. The van der Waals surface area contributed by atoms with Gasteiger partial charge in [-0.3, -0.25) is 9.89 Å². The highest BCUT2D eigenvalue weighted by Gasteiger charge is 2.18. The summed E-state index contributed by atoms with van der Waals surface area (Å²) in [5, 5.41) is 13.8. The van der Waals surface area contributed by atoms with Gasteiger partial charge in [0.15, 0.2) is 0 Å². The summed E-state index contributed by atoms with van der Waals surface area (Å²) < 4.78 is 0. The van der Waals surface area contributed by atoms with Crippen LogP contribution in [0.2, 0.25) is 5.02 Å². The minimum absolute atomic E-state index is 0.118. The van der Waals surface area contributed by atoms with Gasteiger partial charge in [0.1, 0.15) is 0 Å². The molecule has 1 aromatic carbocycles. The fraction of sp³-hybridized carbons (Fsp3) is 0.333. The lowest BCUT2D eigenvalue weighted by Gasteiger charge is -2.11. The summed E-state index contributed by atoms with van der Waals surface area (Å²) in [5.74, 6) is -0.118. The van der Waals surface area contributed by atoms with Crippen LogP contribution in [0.1, 0.15) is 23.2 Å². The standard InChI is InChI=1S/C15H17ClN4O/c16-11-4-1-3-10(7-11)14-13(9-19-20-14)15(21)18-8-12-5-2-6-17-12/h1,3-4,7,9,12,17H,2,5-6,8H2,(H,18,21)(H,19,20). The van der Waals surface area contributed by atoms with Crippen molar-refractivity contribution in [3.05, 3.63) is 41.0 Å². The van der Waals surface area contributed by atoms with Gasteiger partial charge in [0.25, 0.3) is 5.91 Å². The van der Waals surface area contributed by atoms with Gasteiger partial charge in [0.2, 0.25) is 0 Å². The zero-order valence-corrected chi connectivity index (χ0v) is 12.3. The maximum Gasteiger partial charge on any atom is 0.255 e. The number of halogens is 1. The molecule has 5 nitrogen and oxygen atoms in total. The molecule has 0 bridgehead atoms. The second-order valence-electron chi connectivity index (χ2n) is 5.17. The van der Waals surface area contributed by atoms with Crippen LogP contribution in [-0.2, 0) is 0 Å². The second kappa shape index (κ2) is 6.28. The van der Waals surface area contributed by atoms with Crippen LogP contribution in [0.5, 0.6) is 0 Å². The smallest absolute Gasteiger partial charge is 0.255 e. The van der Waals surface area contributed by atoms with Crippen LogP contribution >= 0.6 is 11.6 Å². The quantitative estimate of drug-likeness (QED) is 0.811. The molecule has 0 radical (unpaired) electrons. The van der Waals surface area contributed by atoms with E-state index >= 15 is 0 Å². The molecule has 6 heteroatoms. The third-order valence-electron chi connectivity index (χ3n) is 3.67. The third kappa shape index (κ3) is 3.25. The molecule has 1 aliphatic rings. The predicted octanol–water partition coefficient (Wildman–Crippen LogP) is 2.21. The van der Waals surface area contributed by atoms with Crippen LogP contribution < -0.4 is 10.6 Å². The minimum Gasteiger partial charge on any atom is -0.350 e. The number of rotatable bonds is 4. The number of benzene rings is 1. The maximum absolute atomic E-state index is 12.3. The van der Waals surface area contributed by atoms with Crippen molar-refractivity contribution in [3.63, 3.8) is 0 Å². The summed E-state index contributed by atoms with van der Waals surface area (Å²) in [4.78, 5) is 12.3. The Kier molecular flexibility index (Phi) is 4.22. The SMILES string of the molecule is O=C(NCC1CCCN1)c1cn[nH]c1-c1cccc(Cl)c1. The van der Waals surface area contributed by atoms with E-state index in [1.165, 1.54) is 6.42 Å². The number of hydrogen-bond donors (Lipinski definition) is 3. The van der Waals surface area contributed by atoms with Gasteiger partial charge in [-0.05, 0) is 31.5 Å². The van der Waals surface area contributed by atoms with E-state index in [9.17, 15) is 4.79 Å². The van der Waals surface area contributed by atoms with Gasteiger partial charge in [0.05, 0.1) is 17.5 Å². The number of aromatic amines is 1. The van der Waals surface area contributed by atoms with Crippen molar-refractivity contribution < 1.29 is 4.79 Å². The van der Waals surface area contributed by atoms with Crippen LogP contribution in [0.25, 0.3) is 11.3 Å². The lowest BCUT2D eigenvalue weighted by molar-refractivity contribution is 0.0951. The van der Waals surface area contributed by atoms with Crippen molar-refractivity contribution >= 4 is 17.5 Å². The molecule has 3 rings (SSSR count). The summed E-state index contributed by atoms with van der Waals surface area (Å²) in [6.45, 7) is 1.67. The molecule has 2 heterocycles. The van der Waals surface area contributed by atoms with Crippen LogP contribution in [-0.4, -0.2) is 35.2 Å². The average Bonchev–Trinajstić information content (AvgIpc) is 3.16. The van der Waals surface area contributed by atoms with Gasteiger partial charge in [-0.25, -0.2) is 0 Å². The van der Waals surface area contributed by atoms with E-state index < -0.39 is 0 Å². The number of aromatic nitrogens is 2. The summed E-state index contributed by atoms with van der Waals surface area (Å²) in [5.41, 5.74) is 2.08. The number of amides is 1. The average molecular weight is 305 g/mol. The van der Waals surface area contributed by atoms with E-state index in [4.69, 9.17) is 11.6 Å². The van der Waals surface area contributed by atoms with Crippen LogP contribution in [0.15, 0.2) is 30.5 Å². The summed E-state index contributed by atoms with van der Waals surface area (Å²) in [7, 11) is 0. The summed E-state index contributed by atoms with van der Waals surface area (Å²) >= 11 is 6.00. The van der Waals surface area contributed by atoms with Gasteiger partial charge in [0, 0.05) is 23.2 Å². The molecular formula is C15H17ClN4O. The number of hydrogen-bond acceptors (Lipinski definition) is 3. The van der Waals surface area contributed by atoms with Gasteiger partial charge >= 0.3 is 0 Å². The highest BCUT2D eigenvalue weighted by atomic mass is 35.5. The Balaban J connectivity index is 1.73. The lowest BCUT2D eigenvalue weighted by atomic mass is 10.1. The molecule has 1 unspecified atom stereocenters. The number of carbonyl (C=O) groups is 1. The summed E-state index contributed by atoms with van der Waals surface area (Å²) in [6.07, 6.45) is 3.82. The van der Waals surface area contributed by atoms with Gasteiger partial charge < -0.3 is 10.6 Å². The third-order valence-corrected chi connectivity index (χ3v) is 3.90. The van der Waals surface area contributed by atoms with E-state index in [0.29, 0.717) is 28.9 Å². The van der Waals surface area contributed by atoms with Crippen molar-refractivity contribution in [2.24, 2.45) is 0 Å². The second-order valence-corrected chi connectivity index (χ2v) is 5.61. The normalized spacial score (nSPS) is 17.9. The molecule has 0 saturated carbocycles. The molecule has 1 atom stereocenters. The van der Waals surface area contributed by atoms with Gasteiger partial charge in [-0.15, -0.1) is 0 Å². The molecule has 1 saturated heterocycles. The van der Waals surface area contributed by atoms with E-state index in [0.717, 1.165) is 18.5 Å². The minimum atomic E-state index is -0.118. The Morgan fingerprint density at radius 2 is 2.38 bits per heavy atom. The van der Waals surface area contributed by atoms with Crippen molar-refractivity contribution in [1.82, 2.24) is 20.8 Å². The molecule has 1 fully saturated rings. The Labute approximate surface area is 128 Å². The van der Waals surface area contributed by atoms with Crippen LogP contribution in [0.3, 0.4) is 0 Å². The molecule has 110 valence electrons. The fourth-order valence-corrected chi connectivity index (χ4v) is 2.75. The number of carbonyl (C=O) groups excluding carboxylic acids is 1. The van der Waals surface area contributed by atoms with Crippen molar-refractivity contribution in [3.8, 4) is 11.3 Å². The summed E-state index contributed by atoms with van der Waals surface area (Å²) in [6, 6.07) is 7.73. The number of nitrogens with one attached hydrogen (secondary N) is 3. The van der Waals surface area contributed by atoms with Crippen LogP contribution in [0, 0.1) is 0 Å².